The molecular weight excluding hydrogens is 511 g/mol. The number of nitrogens with one attached hydrogen (secondary N) is 3. The first-order valence-corrected chi connectivity index (χ1v) is 11.6. The molecule has 39 heavy (non-hydrogen) atoms. The van der Waals surface area contributed by atoms with Crippen molar-refractivity contribution in [2.24, 2.45) is 5.73 Å². The van der Waals surface area contributed by atoms with Crippen molar-refractivity contribution < 1.29 is 23.4 Å². The Bertz CT molecular complexity index is 1540. The first-order valence-electron chi connectivity index (χ1n) is 11.6. The van der Waals surface area contributed by atoms with E-state index in [1.54, 1.807) is 30.3 Å². The highest BCUT2D eigenvalue weighted by molar-refractivity contribution is 5.98. The summed E-state index contributed by atoms with van der Waals surface area (Å²) >= 11 is 0. The van der Waals surface area contributed by atoms with Crippen LogP contribution in [0.4, 0.5) is 10.1 Å². The minimum Gasteiger partial charge on any atom is -0.497 e. The third-order valence-corrected chi connectivity index (χ3v) is 5.30. The van der Waals surface area contributed by atoms with Gasteiger partial charge in [0, 0.05) is 37.1 Å². The fraction of sp³-hybridized carbons (Fsp3) is 0.200. The van der Waals surface area contributed by atoms with Crippen molar-refractivity contribution in [3.05, 3.63) is 82.3 Å². The summed E-state index contributed by atoms with van der Waals surface area (Å²) in [7, 11) is 1.47. The first-order chi connectivity index (χ1) is 18.8. The smallest absolute Gasteiger partial charge is 0.350 e. The number of hydrogen-bond acceptors (Lipinski definition) is 10. The quantitative estimate of drug-likeness (QED) is 0.0958. The number of carbonyl (C=O) groups excluding carboxylic acids is 1. The molecule has 0 aliphatic carbocycles. The highest BCUT2D eigenvalue weighted by Gasteiger charge is 2.23. The second-order valence-corrected chi connectivity index (χ2v) is 8.05. The van der Waals surface area contributed by atoms with E-state index in [1.165, 1.54) is 38.6 Å². The SMILES string of the molecule is COc1cc(OCCF)cc([C@H](Nc2ccc(C(=N)N)c(OC(C)=O)c2)c2nn(-c3ncccn3)c(=O)[nH]2)c1. The number of alkyl halides is 1. The standard InChI is InChI=1S/C25H25FN8O5/c1-14(35)39-20-12-16(4-5-19(20)22(27)28)31-21(15-10-17(37-2)13-18(11-15)38-9-6-26)23-32-25(36)34(33-23)24-29-7-3-8-30-24/h3-5,7-8,10-13,21,31H,6,9H2,1-2H3,(H3,27,28)(H,32,33,36)/t21-/m0/s1. The minimum atomic E-state index is -0.834. The van der Waals surface area contributed by atoms with Crippen molar-refractivity contribution in [3.8, 4) is 23.2 Å². The van der Waals surface area contributed by atoms with Crippen molar-refractivity contribution >= 4 is 17.5 Å². The van der Waals surface area contributed by atoms with Gasteiger partial charge in [-0.1, -0.05) is 0 Å². The Hall–Kier alpha value is -5.27. The molecule has 2 heterocycles. The summed E-state index contributed by atoms with van der Waals surface area (Å²) in [6.07, 6.45) is 2.95. The normalized spacial score (nSPS) is 11.5. The van der Waals surface area contributed by atoms with Crippen LogP contribution in [0.5, 0.6) is 17.2 Å². The number of rotatable bonds is 11. The second kappa shape index (κ2) is 11.9. The van der Waals surface area contributed by atoms with E-state index in [0.717, 1.165) is 4.68 Å². The molecule has 4 rings (SSSR count). The highest BCUT2D eigenvalue weighted by Crippen LogP contribution is 2.33. The monoisotopic (exact) mass is 536 g/mol. The molecule has 0 spiro atoms. The molecule has 13 nitrogen and oxygen atoms in total. The zero-order valence-corrected chi connectivity index (χ0v) is 21.0. The number of carbonyl (C=O) groups is 1. The number of benzene rings is 2. The average molecular weight is 537 g/mol. The van der Waals surface area contributed by atoms with Crippen LogP contribution in [0, 0.1) is 5.41 Å². The lowest BCUT2D eigenvalue weighted by Gasteiger charge is -2.21. The van der Waals surface area contributed by atoms with Gasteiger partial charge >= 0.3 is 11.7 Å². The van der Waals surface area contributed by atoms with Crippen molar-refractivity contribution in [1.82, 2.24) is 24.7 Å². The van der Waals surface area contributed by atoms with Gasteiger partial charge in [0.2, 0.25) is 0 Å². The van der Waals surface area contributed by atoms with Gasteiger partial charge in [-0.25, -0.2) is 19.2 Å². The lowest BCUT2D eigenvalue weighted by Crippen LogP contribution is -2.18. The van der Waals surface area contributed by atoms with E-state index in [0.29, 0.717) is 22.7 Å². The van der Waals surface area contributed by atoms with E-state index in [1.807, 2.05) is 0 Å². The van der Waals surface area contributed by atoms with E-state index in [4.69, 9.17) is 25.4 Å². The zero-order chi connectivity index (χ0) is 27.9. The molecule has 0 saturated carbocycles. The number of anilines is 1. The Morgan fingerprint density at radius 1 is 1.21 bits per heavy atom. The lowest BCUT2D eigenvalue weighted by molar-refractivity contribution is -0.131. The number of nitrogens with two attached hydrogens (primary N) is 1. The van der Waals surface area contributed by atoms with Gasteiger partial charge in [0.05, 0.1) is 12.7 Å². The summed E-state index contributed by atoms with van der Waals surface area (Å²) in [5.41, 5.74) is 6.23. The maximum atomic E-state index is 12.8. The lowest BCUT2D eigenvalue weighted by atomic mass is 10.0. The Morgan fingerprint density at radius 2 is 1.95 bits per heavy atom. The van der Waals surface area contributed by atoms with Crippen molar-refractivity contribution in [2.75, 3.05) is 25.7 Å². The molecule has 4 aromatic rings. The molecule has 202 valence electrons. The van der Waals surface area contributed by atoms with Crippen LogP contribution in [-0.2, 0) is 4.79 Å². The van der Waals surface area contributed by atoms with E-state index < -0.39 is 24.4 Å². The van der Waals surface area contributed by atoms with Crippen LogP contribution in [0.2, 0.25) is 0 Å². The van der Waals surface area contributed by atoms with Gasteiger partial charge in [-0.2, -0.15) is 0 Å². The number of hydrogen-bond donors (Lipinski definition) is 4. The van der Waals surface area contributed by atoms with Crippen LogP contribution in [0.25, 0.3) is 5.95 Å². The van der Waals surface area contributed by atoms with Crippen LogP contribution in [0.1, 0.15) is 29.9 Å². The number of nitrogens with zero attached hydrogens (tertiary/aromatic N) is 4. The summed E-state index contributed by atoms with van der Waals surface area (Å²) in [5, 5.41) is 15.4. The maximum Gasteiger partial charge on any atom is 0.350 e. The summed E-state index contributed by atoms with van der Waals surface area (Å²) in [6, 6.07) is 10.3. The number of amidine groups is 1. The topological polar surface area (TPSA) is 183 Å². The van der Waals surface area contributed by atoms with E-state index in [-0.39, 0.29) is 35.5 Å². The fourth-order valence-corrected chi connectivity index (χ4v) is 3.67. The van der Waals surface area contributed by atoms with Crippen molar-refractivity contribution in [3.63, 3.8) is 0 Å². The molecule has 0 fully saturated rings. The third kappa shape index (κ3) is 6.36. The van der Waals surface area contributed by atoms with Gasteiger partial charge in [-0.15, -0.1) is 9.78 Å². The maximum absolute atomic E-state index is 12.8. The number of methoxy groups -OCH3 is 1. The van der Waals surface area contributed by atoms with E-state index in [9.17, 15) is 14.0 Å². The molecule has 0 aliphatic rings. The number of nitrogen functional groups attached to an aromatic ring is 1. The molecule has 0 radical (unpaired) electrons. The number of ether oxygens (including phenoxy) is 3. The molecule has 0 saturated heterocycles. The van der Waals surface area contributed by atoms with Gasteiger partial charge in [0.15, 0.2) is 5.82 Å². The number of aromatic amines is 1. The van der Waals surface area contributed by atoms with Gasteiger partial charge in [-0.3, -0.25) is 15.2 Å². The molecule has 14 heteroatoms. The predicted molar refractivity (Wildman–Crippen MR) is 138 cm³/mol. The van der Waals surface area contributed by atoms with Crippen molar-refractivity contribution in [1.29, 1.82) is 5.41 Å². The Morgan fingerprint density at radius 3 is 2.62 bits per heavy atom. The number of halogens is 1. The third-order valence-electron chi connectivity index (χ3n) is 5.30. The fourth-order valence-electron chi connectivity index (χ4n) is 3.67. The Balaban J connectivity index is 1.83. The average Bonchev–Trinajstić information content (AvgIpc) is 3.31. The Kier molecular flexibility index (Phi) is 8.14. The molecule has 0 unspecified atom stereocenters. The predicted octanol–water partition coefficient (Wildman–Crippen LogP) is 2.12. The van der Waals surface area contributed by atoms with Crippen LogP contribution in [0.15, 0.2) is 59.7 Å². The van der Waals surface area contributed by atoms with Gasteiger partial charge in [0.25, 0.3) is 5.95 Å². The molecular formula is C25H25FN8O5. The van der Waals surface area contributed by atoms with Gasteiger partial charge in [0.1, 0.15) is 42.4 Å². The second-order valence-electron chi connectivity index (χ2n) is 8.05. The molecule has 0 amide bonds. The molecule has 2 aromatic heterocycles. The zero-order valence-electron chi connectivity index (χ0n) is 21.0. The van der Waals surface area contributed by atoms with Crippen LogP contribution in [0.3, 0.4) is 0 Å². The largest absolute Gasteiger partial charge is 0.497 e. The summed E-state index contributed by atoms with van der Waals surface area (Å²) in [4.78, 5) is 35.3. The molecule has 5 N–H and O–H groups in total. The van der Waals surface area contributed by atoms with Crippen molar-refractivity contribution in [2.45, 2.75) is 13.0 Å². The van der Waals surface area contributed by atoms with Gasteiger partial charge in [-0.05, 0) is 35.9 Å². The summed E-state index contributed by atoms with van der Waals surface area (Å²) in [6.45, 7) is 0.370. The number of esters is 1. The summed E-state index contributed by atoms with van der Waals surface area (Å²) in [5.74, 6) is 0.143. The molecule has 0 bridgehead atoms. The van der Waals surface area contributed by atoms with E-state index >= 15 is 0 Å². The molecule has 1 atom stereocenters. The molecule has 0 aliphatic heterocycles. The Labute approximate surface area is 221 Å². The summed E-state index contributed by atoms with van der Waals surface area (Å²) < 4.78 is 29.9. The number of aromatic nitrogens is 5. The first kappa shape index (κ1) is 26.8. The van der Waals surface area contributed by atoms with E-state index in [2.05, 4.69) is 25.4 Å². The molecule has 2 aromatic carbocycles. The van der Waals surface area contributed by atoms with Gasteiger partial charge < -0.3 is 25.3 Å². The highest BCUT2D eigenvalue weighted by atomic mass is 19.1. The minimum absolute atomic E-state index is 0.0596. The van der Waals surface area contributed by atoms with Crippen LogP contribution in [-0.4, -0.2) is 56.9 Å². The number of H-pyrrole nitrogens is 1. The van der Waals surface area contributed by atoms with Crippen LogP contribution < -0.4 is 31.0 Å². The van der Waals surface area contributed by atoms with Crippen LogP contribution >= 0.6 is 0 Å².